The van der Waals surface area contributed by atoms with Crippen LogP contribution in [0.5, 0.6) is 0 Å². The number of nitrogens with two attached hydrogens (primary N) is 1. The first-order valence-corrected chi connectivity index (χ1v) is 7.06. The Morgan fingerprint density at radius 2 is 2.24 bits per heavy atom. The standard InChI is InChI=1S/C14H20N4O3/c1-9-4-2-5-10(9)8-16-14(19)11-6-3-7-12(17-15)13(11)18(20)21/h3,6-7,9-10,17H,2,4-5,8,15H2,1H3,(H,16,19). The highest BCUT2D eigenvalue weighted by Crippen LogP contribution is 2.31. The lowest BCUT2D eigenvalue weighted by atomic mass is 9.98. The van der Waals surface area contributed by atoms with Crippen molar-refractivity contribution in [3.05, 3.63) is 33.9 Å². The van der Waals surface area contributed by atoms with Gasteiger partial charge in [-0.2, -0.15) is 0 Å². The molecule has 1 saturated carbocycles. The SMILES string of the molecule is CC1CCCC1CNC(=O)c1cccc(NN)c1[N+](=O)[O-]. The molecular weight excluding hydrogens is 272 g/mol. The van der Waals surface area contributed by atoms with Gasteiger partial charge in [-0.1, -0.05) is 25.8 Å². The van der Waals surface area contributed by atoms with Gasteiger partial charge < -0.3 is 10.7 Å². The van der Waals surface area contributed by atoms with Crippen LogP contribution in [0.2, 0.25) is 0 Å². The van der Waals surface area contributed by atoms with E-state index < -0.39 is 10.8 Å². The molecule has 0 radical (unpaired) electrons. The smallest absolute Gasteiger partial charge is 0.306 e. The Morgan fingerprint density at radius 1 is 1.48 bits per heavy atom. The average molecular weight is 292 g/mol. The molecule has 0 saturated heterocycles. The fourth-order valence-electron chi connectivity index (χ4n) is 2.88. The fourth-order valence-corrected chi connectivity index (χ4v) is 2.88. The molecule has 7 heteroatoms. The lowest BCUT2D eigenvalue weighted by Crippen LogP contribution is -2.31. The number of carbonyl (C=O) groups excluding carboxylic acids is 1. The van der Waals surface area contributed by atoms with Gasteiger partial charge in [0.2, 0.25) is 0 Å². The van der Waals surface area contributed by atoms with Crippen LogP contribution in [0.4, 0.5) is 11.4 Å². The first kappa shape index (κ1) is 15.2. The summed E-state index contributed by atoms with van der Waals surface area (Å²) in [5.41, 5.74) is 2.12. The van der Waals surface area contributed by atoms with Crippen molar-refractivity contribution < 1.29 is 9.72 Å². The van der Waals surface area contributed by atoms with Gasteiger partial charge in [0.25, 0.3) is 5.91 Å². The summed E-state index contributed by atoms with van der Waals surface area (Å²) >= 11 is 0. The highest BCUT2D eigenvalue weighted by atomic mass is 16.6. The van der Waals surface area contributed by atoms with E-state index in [1.807, 2.05) is 0 Å². The summed E-state index contributed by atoms with van der Waals surface area (Å²) in [6, 6.07) is 4.47. The van der Waals surface area contributed by atoms with E-state index in [1.54, 1.807) is 6.07 Å². The second kappa shape index (κ2) is 6.53. The maximum absolute atomic E-state index is 12.2. The van der Waals surface area contributed by atoms with Gasteiger partial charge in [0.05, 0.1) is 4.92 Å². The average Bonchev–Trinajstić information content (AvgIpc) is 2.89. The third-order valence-electron chi connectivity index (χ3n) is 4.18. The van der Waals surface area contributed by atoms with Gasteiger partial charge in [0, 0.05) is 6.54 Å². The van der Waals surface area contributed by atoms with Crippen LogP contribution in [0, 0.1) is 22.0 Å². The molecule has 114 valence electrons. The molecule has 7 nitrogen and oxygen atoms in total. The van der Waals surface area contributed by atoms with Crippen LogP contribution in [0.1, 0.15) is 36.5 Å². The van der Waals surface area contributed by atoms with Crippen molar-refractivity contribution in [3.8, 4) is 0 Å². The number of para-hydroxylation sites is 1. The number of hydrogen-bond acceptors (Lipinski definition) is 5. The number of rotatable bonds is 5. The predicted octanol–water partition coefficient (Wildman–Crippen LogP) is 2.05. The topological polar surface area (TPSA) is 110 Å². The van der Waals surface area contributed by atoms with Crippen LogP contribution in [-0.2, 0) is 0 Å². The van der Waals surface area contributed by atoms with Crippen molar-refractivity contribution in [2.75, 3.05) is 12.0 Å². The Bertz CT molecular complexity index is 547. The van der Waals surface area contributed by atoms with Gasteiger partial charge in [-0.05, 0) is 30.4 Å². The van der Waals surface area contributed by atoms with Gasteiger partial charge in [-0.15, -0.1) is 0 Å². The molecule has 1 amide bonds. The molecule has 1 aliphatic carbocycles. The van der Waals surface area contributed by atoms with E-state index in [1.165, 1.54) is 25.0 Å². The molecule has 0 aliphatic heterocycles. The number of carbonyl (C=O) groups is 1. The maximum Gasteiger partial charge on any atom is 0.306 e. The minimum absolute atomic E-state index is 0.0288. The second-order valence-electron chi connectivity index (χ2n) is 5.48. The Morgan fingerprint density at radius 3 is 2.81 bits per heavy atom. The van der Waals surface area contributed by atoms with Gasteiger partial charge in [-0.25, -0.2) is 0 Å². The third-order valence-corrected chi connectivity index (χ3v) is 4.18. The molecule has 0 aromatic heterocycles. The van der Waals surface area contributed by atoms with Crippen molar-refractivity contribution >= 4 is 17.3 Å². The molecule has 0 bridgehead atoms. The van der Waals surface area contributed by atoms with Gasteiger partial charge in [0.15, 0.2) is 0 Å². The maximum atomic E-state index is 12.2. The molecule has 1 fully saturated rings. The summed E-state index contributed by atoms with van der Waals surface area (Å²) in [7, 11) is 0. The van der Waals surface area contributed by atoms with E-state index in [4.69, 9.17) is 5.84 Å². The first-order valence-electron chi connectivity index (χ1n) is 7.06. The molecule has 1 aliphatic rings. The molecule has 1 aromatic rings. The van der Waals surface area contributed by atoms with E-state index in [-0.39, 0.29) is 16.9 Å². The molecule has 4 N–H and O–H groups in total. The summed E-state index contributed by atoms with van der Waals surface area (Å²) in [4.78, 5) is 22.8. The largest absolute Gasteiger partial charge is 0.352 e. The number of amides is 1. The molecule has 1 aromatic carbocycles. The van der Waals surface area contributed by atoms with Crippen LogP contribution in [0.15, 0.2) is 18.2 Å². The molecule has 2 atom stereocenters. The Balaban J connectivity index is 2.13. The van der Waals surface area contributed by atoms with Crippen molar-refractivity contribution in [2.24, 2.45) is 17.7 Å². The number of hydrogen-bond donors (Lipinski definition) is 3. The lowest BCUT2D eigenvalue weighted by molar-refractivity contribution is -0.384. The lowest BCUT2D eigenvalue weighted by Gasteiger charge is -2.16. The van der Waals surface area contributed by atoms with Crippen LogP contribution < -0.4 is 16.6 Å². The Labute approximate surface area is 123 Å². The summed E-state index contributed by atoms with van der Waals surface area (Å²) in [6.45, 7) is 2.72. The number of benzene rings is 1. The number of anilines is 1. The van der Waals surface area contributed by atoms with Crippen molar-refractivity contribution in [2.45, 2.75) is 26.2 Å². The summed E-state index contributed by atoms with van der Waals surface area (Å²) in [5, 5.41) is 14.0. The van der Waals surface area contributed by atoms with Crippen LogP contribution in [0.25, 0.3) is 0 Å². The third kappa shape index (κ3) is 3.30. The van der Waals surface area contributed by atoms with E-state index in [2.05, 4.69) is 17.7 Å². The van der Waals surface area contributed by atoms with Crippen molar-refractivity contribution in [1.82, 2.24) is 5.32 Å². The zero-order valence-electron chi connectivity index (χ0n) is 12.0. The molecule has 2 rings (SSSR count). The summed E-state index contributed by atoms with van der Waals surface area (Å²) in [6.07, 6.45) is 3.44. The van der Waals surface area contributed by atoms with Gasteiger partial charge in [0.1, 0.15) is 11.3 Å². The molecule has 21 heavy (non-hydrogen) atoms. The number of nitro benzene ring substituents is 1. The Hall–Kier alpha value is -2.15. The second-order valence-corrected chi connectivity index (χ2v) is 5.48. The highest BCUT2D eigenvalue weighted by Gasteiger charge is 2.27. The quantitative estimate of drug-likeness (QED) is 0.437. The van der Waals surface area contributed by atoms with Crippen LogP contribution in [-0.4, -0.2) is 17.4 Å². The van der Waals surface area contributed by atoms with E-state index in [0.717, 1.165) is 6.42 Å². The van der Waals surface area contributed by atoms with E-state index in [9.17, 15) is 14.9 Å². The van der Waals surface area contributed by atoms with Gasteiger partial charge in [-0.3, -0.25) is 20.8 Å². The monoisotopic (exact) mass is 292 g/mol. The number of nitrogens with one attached hydrogen (secondary N) is 2. The summed E-state index contributed by atoms with van der Waals surface area (Å²) < 4.78 is 0. The first-order chi connectivity index (χ1) is 10.0. The molecule has 0 spiro atoms. The summed E-state index contributed by atoms with van der Waals surface area (Å²) in [5.74, 6) is 5.86. The normalized spacial score (nSPS) is 21.0. The predicted molar refractivity (Wildman–Crippen MR) is 79.7 cm³/mol. The van der Waals surface area contributed by atoms with Crippen molar-refractivity contribution in [1.29, 1.82) is 0 Å². The van der Waals surface area contributed by atoms with Crippen molar-refractivity contribution in [3.63, 3.8) is 0 Å². The number of nitrogen functional groups attached to an aromatic ring is 1. The molecular formula is C14H20N4O3. The number of nitro groups is 1. The van der Waals surface area contributed by atoms with Crippen LogP contribution >= 0.6 is 0 Å². The fraction of sp³-hybridized carbons (Fsp3) is 0.500. The highest BCUT2D eigenvalue weighted by molar-refractivity contribution is 6.00. The number of nitrogens with zero attached hydrogens (tertiary/aromatic N) is 1. The van der Waals surface area contributed by atoms with E-state index >= 15 is 0 Å². The molecule has 2 unspecified atom stereocenters. The zero-order chi connectivity index (χ0) is 15.4. The Kier molecular flexibility index (Phi) is 4.74. The van der Waals surface area contributed by atoms with Crippen LogP contribution in [0.3, 0.4) is 0 Å². The van der Waals surface area contributed by atoms with E-state index in [0.29, 0.717) is 18.4 Å². The van der Waals surface area contributed by atoms with Gasteiger partial charge >= 0.3 is 5.69 Å². The minimum Gasteiger partial charge on any atom is -0.352 e. The molecule has 0 heterocycles. The number of hydrazine groups is 1. The minimum atomic E-state index is -0.595. The zero-order valence-corrected chi connectivity index (χ0v) is 12.0.